The van der Waals surface area contributed by atoms with Crippen molar-refractivity contribution >= 4 is 17.8 Å². The van der Waals surface area contributed by atoms with Crippen LogP contribution in [0.4, 0.5) is 0 Å². The number of hydrogen-bond donors (Lipinski definition) is 2. The van der Waals surface area contributed by atoms with Gasteiger partial charge in [-0.1, -0.05) is 42.5 Å². The second kappa shape index (κ2) is 11.1. The van der Waals surface area contributed by atoms with Crippen molar-refractivity contribution < 1.29 is 9.59 Å². The van der Waals surface area contributed by atoms with Gasteiger partial charge in [-0.3, -0.25) is 24.4 Å². The fourth-order valence-electron chi connectivity index (χ4n) is 4.51. The second-order valence-corrected chi connectivity index (χ2v) is 8.69. The molecule has 2 N–H and O–H groups in total. The lowest BCUT2D eigenvalue weighted by molar-refractivity contribution is 0.0652. The lowest BCUT2D eigenvalue weighted by Gasteiger charge is -2.33. The molecule has 1 saturated heterocycles. The van der Waals surface area contributed by atoms with Gasteiger partial charge in [0.2, 0.25) is 0 Å². The van der Waals surface area contributed by atoms with Gasteiger partial charge in [-0.05, 0) is 43.4 Å². The van der Waals surface area contributed by atoms with Crippen LogP contribution in [0, 0.1) is 0 Å². The summed E-state index contributed by atoms with van der Waals surface area (Å²) in [4.78, 5) is 33.1. The molecule has 1 fully saturated rings. The Balaban J connectivity index is 1.13. The first-order valence-electron chi connectivity index (χ1n) is 11.8. The predicted molar refractivity (Wildman–Crippen MR) is 130 cm³/mol. The van der Waals surface area contributed by atoms with Crippen molar-refractivity contribution in [3.8, 4) is 0 Å². The van der Waals surface area contributed by atoms with Gasteiger partial charge < -0.3 is 10.6 Å². The molecule has 0 aromatic heterocycles. The van der Waals surface area contributed by atoms with E-state index in [4.69, 9.17) is 0 Å². The number of nitrogens with zero attached hydrogens (tertiary/aromatic N) is 3. The van der Waals surface area contributed by atoms with Crippen molar-refractivity contribution in [3.63, 3.8) is 0 Å². The van der Waals surface area contributed by atoms with E-state index in [0.717, 1.165) is 57.8 Å². The summed E-state index contributed by atoms with van der Waals surface area (Å²) in [5.74, 6) is 0.455. The summed E-state index contributed by atoms with van der Waals surface area (Å²) in [6, 6.07) is 18.1. The quantitative estimate of drug-likeness (QED) is 0.282. The van der Waals surface area contributed by atoms with E-state index in [-0.39, 0.29) is 11.8 Å². The van der Waals surface area contributed by atoms with E-state index in [1.54, 1.807) is 31.3 Å². The van der Waals surface area contributed by atoms with E-state index >= 15 is 0 Å². The number of imide groups is 1. The van der Waals surface area contributed by atoms with Gasteiger partial charge in [0.15, 0.2) is 5.96 Å². The summed E-state index contributed by atoms with van der Waals surface area (Å²) in [6.07, 6.45) is 3.79. The molecule has 0 bridgehead atoms. The zero-order valence-electron chi connectivity index (χ0n) is 19.3. The summed E-state index contributed by atoms with van der Waals surface area (Å²) in [7, 11) is 1.79. The van der Waals surface area contributed by atoms with Gasteiger partial charge in [-0.25, -0.2) is 0 Å². The van der Waals surface area contributed by atoms with E-state index in [9.17, 15) is 9.59 Å². The fourth-order valence-corrected chi connectivity index (χ4v) is 4.51. The van der Waals surface area contributed by atoms with Crippen LogP contribution in [0.15, 0.2) is 59.6 Å². The number of likely N-dealkylation sites (tertiary alicyclic amines) is 1. The van der Waals surface area contributed by atoms with Crippen molar-refractivity contribution in [3.05, 3.63) is 71.3 Å². The number of piperidine rings is 1. The number of amides is 2. The molecular weight excluding hydrogens is 414 g/mol. The van der Waals surface area contributed by atoms with Crippen LogP contribution in [0.5, 0.6) is 0 Å². The predicted octanol–water partition coefficient (Wildman–Crippen LogP) is 2.89. The summed E-state index contributed by atoms with van der Waals surface area (Å²) < 4.78 is 0. The van der Waals surface area contributed by atoms with Gasteiger partial charge in [0.1, 0.15) is 0 Å². The number of nitrogens with one attached hydrogen (secondary N) is 2. The molecule has 2 aliphatic rings. The van der Waals surface area contributed by atoms with Gasteiger partial charge in [0.25, 0.3) is 11.8 Å². The molecule has 2 heterocycles. The average molecular weight is 448 g/mol. The fraction of sp³-hybridized carbons (Fsp3) is 0.423. The third-order valence-electron chi connectivity index (χ3n) is 6.38. The first kappa shape index (κ1) is 23.0. The first-order chi connectivity index (χ1) is 16.2. The highest BCUT2D eigenvalue weighted by atomic mass is 16.2. The van der Waals surface area contributed by atoms with E-state index in [1.165, 1.54) is 10.5 Å². The van der Waals surface area contributed by atoms with Crippen molar-refractivity contribution in [1.82, 2.24) is 20.4 Å². The average Bonchev–Trinajstić information content (AvgIpc) is 3.09. The molecule has 7 nitrogen and oxygen atoms in total. The molecular formula is C26H33N5O2. The van der Waals surface area contributed by atoms with Gasteiger partial charge in [-0.2, -0.15) is 0 Å². The van der Waals surface area contributed by atoms with Crippen LogP contribution >= 0.6 is 0 Å². The van der Waals surface area contributed by atoms with E-state index in [1.807, 2.05) is 0 Å². The van der Waals surface area contributed by atoms with Crippen molar-refractivity contribution in [2.24, 2.45) is 4.99 Å². The second-order valence-electron chi connectivity index (χ2n) is 8.69. The molecule has 33 heavy (non-hydrogen) atoms. The van der Waals surface area contributed by atoms with Crippen molar-refractivity contribution in [2.45, 2.75) is 38.3 Å². The number of carbonyl (C=O) groups excluding carboxylic acids is 2. The standard InChI is InChI=1S/C26H33N5O2/c1-27-26(29-21-13-17-30(18-14-21)19-20-9-3-2-4-10-20)28-15-7-8-16-31-24(32)22-11-5-6-12-23(22)25(31)33/h2-6,9-12,21H,7-8,13-19H2,1H3,(H2,27,28,29). The molecule has 0 atom stereocenters. The normalized spacial score (nSPS) is 17.4. The minimum atomic E-state index is -0.181. The van der Waals surface area contributed by atoms with Gasteiger partial charge >= 0.3 is 0 Å². The summed E-state index contributed by atoms with van der Waals surface area (Å²) >= 11 is 0. The maximum atomic E-state index is 12.4. The Labute approximate surface area is 195 Å². The Kier molecular flexibility index (Phi) is 7.73. The number of fused-ring (bicyclic) bond motifs is 1. The molecule has 174 valence electrons. The first-order valence-corrected chi connectivity index (χ1v) is 11.8. The SMILES string of the molecule is CN=C(NCCCCN1C(=O)c2ccccc2C1=O)NC1CCN(Cc2ccccc2)CC1. The zero-order valence-corrected chi connectivity index (χ0v) is 19.3. The van der Waals surface area contributed by atoms with E-state index in [0.29, 0.717) is 23.7 Å². The molecule has 7 heteroatoms. The highest BCUT2D eigenvalue weighted by Crippen LogP contribution is 2.22. The molecule has 2 amide bonds. The number of rotatable bonds is 8. The molecule has 0 aliphatic carbocycles. The maximum Gasteiger partial charge on any atom is 0.261 e. The summed E-state index contributed by atoms with van der Waals surface area (Å²) in [5.41, 5.74) is 2.39. The van der Waals surface area contributed by atoms with E-state index in [2.05, 4.69) is 50.9 Å². The summed E-state index contributed by atoms with van der Waals surface area (Å²) in [6.45, 7) is 4.34. The monoisotopic (exact) mass is 447 g/mol. The van der Waals surface area contributed by atoms with Gasteiger partial charge in [-0.15, -0.1) is 0 Å². The molecule has 0 radical (unpaired) electrons. The molecule has 2 aromatic carbocycles. The Morgan fingerprint density at radius 2 is 1.58 bits per heavy atom. The van der Waals surface area contributed by atoms with Crippen molar-refractivity contribution in [2.75, 3.05) is 33.2 Å². The lowest BCUT2D eigenvalue weighted by atomic mass is 10.0. The number of hydrogen-bond acceptors (Lipinski definition) is 4. The zero-order chi connectivity index (χ0) is 23.0. The molecule has 0 saturated carbocycles. The van der Waals surface area contributed by atoms with E-state index < -0.39 is 0 Å². The third-order valence-corrected chi connectivity index (χ3v) is 6.38. The van der Waals surface area contributed by atoms with Crippen LogP contribution in [-0.2, 0) is 6.54 Å². The largest absolute Gasteiger partial charge is 0.356 e. The number of carbonyl (C=O) groups is 2. The number of benzene rings is 2. The summed E-state index contributed by atoms with van der Waals surface area (Å²) in [5, 5.41) is 6.91. The van der Waals surface area contributed by atoms with Gasteiger partial charge in [0, 0.05) is 45.8 Å². The van der Waals surface area contributed by atoms with Crippen LogP contribution in [-0.4, -0.2) is 66.8 Å². The number of guanidine groups is 1. The van der Waals surface area contributed by atoms with Crippen LogP contribution in [0.25, 0.3) is 0 Å². The molecule has 2 aromatic rings. The molecule has 0 spiro atoms. The minimum Gasteiger partial charge on any atom is -0.356 e. The smallest absolute Gasteiger partial charge is 0.261 e. The molecule has 0 unspecified atom stereocenters. The van der Waals surface area contributed by atoms with Crippen LogP contribution in [0.3, 0.4) is 0 Å². The Morgan fingerprint density at radius 1 is 0.939 bits per heavy atom. The highest BCUT2D eigenvalue weighted by Gasteiger charge is 2.34. The number of unbranched alkanes of at least 4 members (excludes halogenated alkanes) is 1. The van der Waals surface area contributed by atoms with Crippen molar-refractivity contribution in [1.29, 1.82) is 0 Å². The minimum absolute atomic E-state index is 0.181. The Bertz CT molecular complexity index is 948. The molecule has 2 aliphatic heterocycles. The Morgan fingerprint density at radius 3 is 2.21 bits per heavy atom. The van der Waals surface area contributed by atoms with Gasteiger partial charge in [0.05, 0.1) is 11.1 Å². The van der Waals surface area contributed by atoms with Crippen LogP contribution in [0.2, 0.25) is 0 Å². The van der Waals surface area contributed by atoms with Crippen LogP contribution < -0.4 is 10.6 Å². The third kappa shape index (κ3) is 5.79. The highest BCUT2D eigenvalue weighted by molar-refractivity contribution is 6.21. The Hall–Kier alpha value is -3.19. The lowest BCUT2D eigenvalue weighted by Crippen LogP contribution is -2.48. The topological polar surface area (TPSA) is 77.0 Å². The maximum absolute atomic E-state index is 12.4. The number of aliphatic imine (C=N–C) groups is 1. The molecule has 4 rings (SSSR count). The van der Waals surface area contributed by atoms with Crippen LogP contribution in [0.1, 0.15) is 52.0 Å².